The van der Waals surface area contributed by atoms with Gasteiger partial charge < -0.3 is 14.6 Å². The number of benzene rings is 1. The van der Waals surface area contributed by atoms with E-state index in [0.29, 0.717) is 5.56 Å². The molecule has 1 heterocycles. The fourth-order valence-corrected chi connectivity index (χ4v) is 5.36. The van der Waals surface area contributed by atoms with Gasteiger partial charge in [-0.05, 0) is 25.1 Å². The molecule has 0 aliphatic carbocycles. The van der Waals surface area contributed by atoms with Crippen molar-refractivity contribution in [2.24, 2.45) is 5.92 Å². The largest absolute Gasteiger partial charge is 0.487 e. The number of hydrogen-bond donors (Lipinski definition) is 1. The van der Waals surface area contributed by atoms with Gasteiger partial charge in [0.15, 0.2) is 0 Å². The predicted octanol–water partition coefficient (Wildman–Crippen LogP) is 0.345. The first-order valence-electron chi connectivity index (χ1n) is 9.74. The summed E-state index contributed by atoms with van der Waals surface area (Å²) in [6, 6.07) is 3.87. The third-order valence-corrected chi connectivity index (χ3v) is 8.42. The normalized spacial score (nSPS) is 22.4. The smallest absolute Gasteiger partial charge is 0.247 e. The number of aliphatic hydroxyl groups excluding tert-OH is 1. The summed E-state index contributed by atoms with van der Waals surface area (Å²) in [5.74, 6) is 5.43. The van der Waals surface area contributed by atoms with Crippen molar-refractivity contribution in [3.05, 3.63) is 23.8 Å². The summed E-state index contributed by atoms with van der Waals surface area (Å²) in [7, 11) is -4.46. The first-order chi connectivity index (χ1) is 14.4. The van der Waals surface area contributed by atoms with Crippen LogP contribution in [0, 0.1) is 17.8 Å². The Morgan fingerprint density at radius 1 is 1.42 bits per heavy atom. The number of rotatable bonds is 6. The third kappa shape index (κ3) is 6.19. The molecule has 0 amide bonds. The van der Waals surface area contributed by atoms with E-state index in [2.05, 4.69) is 11.8 Å². The molecule has 0 unspecified atom stereocenters. The molecular weight excluding hydrogens is 444 g/mol. The fraction of sp³-hybridized carbons (Fsp3) is 0.600. The summed E-state index contributed by atoms with van der Waals surface area (Å²) in [6.45, 7) is 3.39. The lowest BCUT2D eigenvalue weighted by Crippen LogP contribution is -2.50. The zero-order valence-electron chi connectivity index (χ0n) is 18.4. The Labute approximate surface area is 185 Å². The molecule has 1 N–H and O–H groups in total. The summed E-state index contributed by atoms with van der Waals surface area (Å²) < 4.78 is 64.0. The highest BCUT2D eigenvalue weighted by Crippen LogP contribution is 2.34. The van der Waals surface area contributed by atoms with Gasteiger partial charge in [0.2, 0.25) is 20.0 Å². The van der Waals surface area contributed by atoms with Gasteiger partial charge in [0, 0.05) is 38.2 Å². The number of likely N-dealkylation sites (N-methyl/N-ethyl adjacent to an activating group) is 1. The van der Waals surface area contributed by atoms with Crippen LogP contribution in [0.1, 0.15) is 19.4 Å². The van der Waals surface area contributed by atoms with Gasteiger partial charge in [0.1, 0.15) is 23.4 Å². The van der Waals surface area contributed by atoms with E-state index in [9.17, 15) is 21.9 Å². The van der Waals surface area contributed by atoms with Crippen LogP contribution < -0.4 is 4.74 Å². The van der Waals surface area contributed by atoms with Gasteiger partial charge in [0.05, 0.1) is 19.4 Å². The van der Waals surface area contributed by atoms with Crippen molar-refractivity contribution in [3.8, 4) is 17.6 Å². The van der Waals surface area contributed by atoms with Gasteiger partial charge in [-0.2, -0.15) is 4.31 Å². The van der Waals surface area contributed by atoms with Crippen LogP contribution in [0.3, 0.4) is 0 Å². The summed E-state index contributed by atoms with van der Waals surface area (Å²) in [4.78, 5) is -0.0519. The molecule has 31 heavy (non-hydrogen) atoms. The molecule has 0 saturated carbocycles. The first kappa shape index (κ1) is 25.6. The molecule has 2 rings (SSSR count). The molecule has 9 nitrogen and oxygen atoms in total. The van der Waals surface area contributed by atoms with Gasteiger partial charge >= 0.3 is 0 Å². The van der Waals surface area contributed by atoms with E-state index >= 15 is 0 Å². The van der Waals surface area contributed by atoms with E-state index in [4.69, 9.17) is 9.47 Å². The summed E-state index contributed by atoms with van der Waals surface area (Å²) in [5.41, 5.74) is 0.538. The minimum atomic E-state index is -3.97. The molecule has 11 heteroatoms. The predicted molar refractivity (Wildman–Crippen MR) is 117 cm³/mol. The molecule has 174 valence electrons. The third-order valence-electron chi connectivity index (χ3n) is 5.12. The lowest BCUT2D eigenvalue weighted by Gasteiger charge is -2.37. The van der Waals surface area contributed by atoms with E-state index < -0.39 is 32.2 Å². The Balaban J connectivity index is 2.59. The fourth-order valence-electron chi connectivity index (χ4n) is 3.12. The summed E-state index contributed by atoms with van der Waals surface area (Å²) >= 11 is 0. The number of sulfonamides is 2. The zero-order valence-corrected chi connectivity index (χ0v) is 20.0. The van der Waals surface area contributed by atoms with Crippen molar-refractivity contribution in [1.29, 1.82) is 0 Å². The van der Waals surface area contributed by atoms with Crippen molar-refractivity contribution < 1.29 is 31.4 Å². The van der Waals surface area contributed by atoms with Crippen molar-refractivity contribution in [2.45, 2.75) is 30.9 Å². The van der Waals surface area contributed by atoms with E-state index in [-0.39, 0.29) is 42.9 Å². The maximum Gasteiger partial charge on any atom is 0.247 e. The van der Waals surface area contributed by atoms with Crippen molar-refractivity contribution in [3.63, 3.8) is 0 Å². The van der Waals surface area contributed by atoms with Gasteiger partial charge in [-0.15, -0.1) is 0 Å². The molecule has 1 aromatic rings. The Kier molecular flexibility index (Phi) is 8.49. The molecule has 0 spiro atoms. The molecule has 0 aromatic heterocycles. The maximum atomic E-state index is 13.4. The number of fused-ring (bicyclic) bond motifs is 1. The van der Waals surface area contributed by atoms with E-state index in [0.717, 1.165) is 6.26 Å². The maximum absolute atomic E-state index is 13.4. The molecule has 1 aliphatic rings. The zero-order chi connectivity index (χ0) is 23.4. The van der Waals surface area contributed by atoms with Crippen molar-refractivity contribution in [2.75, 3.05) is 46.7 Å². The highest BCUT2D eigenvalue weighted by molar-refractivity contribution is 7.89. The summed E-state index contributed by atoms with van der Waals surface area (Å²) in [5, 5.41) is 9.64. The second-order valence-electron chi connectivity index (χ2n) is 7.68. The summed E-state index contributed by atoms with van der Waals surface area (Å²) in [6.07, 6.45) is 0.479. The van der Waals surface area contributed by atoms with Crippen LogP contribution in [0.4, 0.5) is 0 Å². The molecule has 0 fully saturated rings. The monoisotopic (exact) mass is 474 g/mol. The average molecular weight is 475 g/mol. The van der Waals surface area contributed by atoms with E-state index in [1.807, 2.05) is 0 Å². The SMILES string of the molecule is COCC#Cc1ccc2c(c1)O[C@H](CN(C)S(C)(=O)=O)[C@H](C)CN([C@H](C)CO)S2(=O)=O. The second-order valence-corrected chi connectivity index (χ2v) is 11.6. The Bertz CT molecular complexity index is 1050. The number of hydrogen-bond acceptors (Lipinski definition) is 7. The van der Waals surface area contributed by atoms with Crippen LogP contribution in [0.5, 0.6) is 5.75 Å². The Hall–Kier alpha value is -1.68. The lowest BCUT2D eigenvalue weighted by molar-refractivity contribution is 0.0905. The highest BCUT2D eigenvalue weighted by atomic mass is 32.2. The Morgan fingerprint density at radius 2 is 2.10 bits per heavy atom. The van der Waals surface area contributed by atoms with E-state index in [1.54, 1.807) is 19.9 Å². The van der Waals surface area contributed by atoms with Crippen LogP contribution in [0.15, 0.2) is 23.1 Å². The number of aliphatic hydroxyl groups is 1. The van der Waals surface area contributed by atoms with Crippen LogP contribution in [-0.4, -0.2) is 89.4 Å². The standard InChI is InChI=1S/C20H30N2O7S2/c1-15-12-22(16(2)14-23)31(26,27)20-9-8-17(7-6-10-28-4)11-18(20)29-19(15)13-21(3)30(5,24)25/h8-9,11,15-16,19,23H,10,12-14H2,1-5H3/t15-,16-,19-/m1/s1. The average Bonchev–Trinajstić information content (AvgIpc) is 2.69. The van der Waals surface area contributed by atoms with Crippen molar-refractivity contribution >= 4 is 20.0 Å². The van der Waals surface area contributed by atoms with Crippen LogP contribution in [0.2, 0.25) is 0 Å². The molecule has 0 radical (unpaired) electrons. The molecule has 1 aromatic carbocycles. The van der Waals surface area contributed by atoms with E-state index in [1.165, 1.54) is 34.9 Å². The van der Waals surface area contributed by atoms with Gasteiger partial charge in [-0.3, -0.25) is 0 Å². The van der Waals surface area contributed by atoms with Gasteiger partial charge in [-0.1, -0.05) is 18.8 Å². The quantitative estimate of drug-likeness (QED) is 0.592. The first-order valence-corrected chi connectivity index (χ1v) is 13.0. The molecule has 0 bridgehead atoms. The number of ether oxygens (including phenoxy) is 2. The molecular formula is C20H30N2O7S2. The molecule has 0 saturated heterocycles. The number of nitrogens with zero attached hydrogens (tertiary/aromatic N) is 2. The minimum Gasteiger partial charge on any atom is -0.487 e. The van der Waals surface area contributed by atoms with Crippen molar-refractivity contribution in [1.82, 2.24) is 8.61 Å². The van der Waals surface area contributed by atoms with Crippen LogP contribution in [-0.2, 0) is 24.8 Å². The van der Waals surface area contributed by atoms with Gasteiger partial charge in [-0.25, -0.2) is 21.1 Å². The second kappa shape index (κ2) is 10.3. The number of methoxy groups -OCH3 is 1. The lowest BCUT2D eigenvalue weighted by atomic mass is 10.0. The Morgan fingerprint density at radius 3 is 2.68 bits per heavy atom. The van der Waals surface area contributed by atoms with Gasteiger partial charge in [0.25, 0.3) is 0 Å². The molecule has 1 aliphatic heterocycles. The molecule has 3 atom stereocenters. The minimum absolute atomic E-state index is 0.0421. The van der Waals surface area contributed by atoms with Crippen LogP contribution in [0.25, 0.3) is 0 Å². The highest BCUT2D eigenvalue weighted by Gasteiger charge is 2.38. The topological polar surface area (TPSA) is 113 Å². The van der Waals surface area contributed by atoms with Crippen LogP contribution >= 0.6 is 0 Å².